The Kier molecular flexibility index (Phi) is 4.84. The topological polar surface area (TPSA) is 81.4 Å². The largest absolute Gasteiger partial charge is 0.502 e. The van der Waals surface area contributed by atoms with Crippen molar-refractivity contribution in [2.45, 2.75) is 13.8 Å². The van der Waals surface area contributed by atoms with Crippen LogP contribution in [0.1, 0.15) is 18.3 Å². The number of nitrogens with zero attached hydrogens (tertiary/aromatic N) is 2. The van der Waals surface area contributed by atoms with Crippen molar-refractivity contribution < 1.29 is 14.6 Å². The minimum Gasteiger partial charge on any atom is -0.502 e. The Bertz CT molecular complexity index is 1070. The fraction of sp³-hybridized carbons (Fsp3) is 0.150. The van der Waals surface area contributed by atoms with Gasteiger partial charge in [0, 0.05) is 6.08 Å². The lowest BCUT2D eigenvalue weighted by Crippen LogP contribution is -2.23. The summed E-state index contributed by atoms with van der Waals surface area (Å²) in [6, 6.07) is 14.3. The van der Waals surface area contributed by atoms with Gasteiger partial charge < -0.3 is 9.84 Å². The highest BCUT2D eigenvalue weighted by Gasteiger charge is 2.16. The highest BCUT2D eigenvalue weighted by molar-refractivity contribution is 5.91. The van der Waals surface area contributed by atoms with Crippen LogP contribution in [-0.2, 0) is 9.53 Å². The third kappa shape index (κ3) is 3.21. The molecule has 1 N–H and O–H groups in total. The summed E-state index contributed by atoms with van der Waals surface area (Å²) in [4.78, 5) is 29.3. The van der Waals surface area contributed by atoms with Crippen molar-refractivity contribution in [3.05, 3.63) is 76.0 Å². The Morgan fingerprint density at radius 2 is 1.88 bits per heavy atom. The molecule has 0 aliphatic carbocycles. The van der Waals surface area contributed by atoms with Crippen molar-refractivity contribution in [3.63, 3.8) is 0 Å². The van der Waals surface area contributed by atoms with E-state index >= 15 is 0 Å². The summed E-state index contributed by atoms with van der Waals surface area (Å²) in [7, 11) is 0. The molecule has 0 unspecified atom stereocenters. The zero-order valence-electron chi connectivity index (χ0n) is 14.5. The van der Waals surface area contributed by atoms with E-state index in [4.69, 9.17) is 4.74 Å². The number of aryl methyl sites for hydroxylation is 1. The van der Waals surface area contributed by atoms with Gasteiger partial charge in [0.05, 0.1) is 23.2 Å². The van der Waals surface area contributed by atoms with E-state index in [0.29, 0.717) is 16.6 Å². The predicted molar refractivity (Wildman–Crippen MR) is 99.3 cm³/mol. The van der Waals surface area contributed by atoms with Crippen molar-refractivity contribution in [1.29, 1.82) is 0 Å². The van der Waals surface area contributed by atoms with Gasteiger partial charge in [-0.3, -0.25) is 9.36 Å². The molecule has 6 heteroatoms. The van der Waals surface area contributed by atoms with Gasteiger partial charge in [-0.05, 0) is 37.6 Å². The average molecular weight is 350 g/mol. The lowest BCUT2D eigenvalue weighted by Gasteiger charge is -2.13. The van der Waals surface area contributed by atoms with Crippen LogP contribution in [0.2, 0.25) is 0 Å². The molecule has 132 valence electrons. The number of carbonyl (C=O) groups is 1. The number of ether oxygens (including phenoxy) is 1. The van der Waals surface area contributed by atoms with Crippen molar-refractivity contribution in [3.8, 4) is 5.69 Å². The van der Waals surface area contributed by atoms with Gasteiger partial charge in [-0.25, -0.2) is 9.78 Å². The number of hydrogen-bond acceptors (Lipinski definition) is 5. The summed E-state index contributed by atoms with van der Waals surface area (Å²) in [6.45, 7) is 3.64. The van der Waals surface area contributed by atoms with Crippen LogP contribution in [0, 0.1) is 6.92 Å². The standard InChI is InChI=1S/C20H18N2O4/c1-3-26-20(25)17(23)12-18-21-15-10-6-5-9-14(15)19(24)22(18)16-11-7-4-8-13(16)2/h4-12,23H,3H2,1-2H3/b17-12-. The predicted octanol–water partition coefficient (Wildman–Crippen LogP) is 3.16. The number of esters is 1. The molecule has 3 aromatic rings. The number of rotatable bonds is 4. The van der Waals surface area contributed by atoms with E-state index in [-0.39, 0.29) is 18.0 Å². The van der Waals surface area contributed by atoms with E-state index in [9.17, 15) is 14.7 Å². The van der Waals surface area contributed by atoms with Crippen LogP contribution < -0.4 is 5.56 Å². The van der Waals surface area contributed by atoms with Crippen molar-refractivity contribution in [2.24, 2.45) is 0 Å². The third-order valence-electron chi connectivity index (χ3n) is 3.91. The summed E-state index contributed by atoms with van der Waals surface area (Å²) in [5, 5.41) is 10.5. The fourth-order valence-corrected chi connectivity index (χ4v) is 2.68. The van der Waals surface area contributed by atoms with Crippen LogP contribution in [0.3, 0.4) is 0 Å². The number of hydrogen-bond donors (Lipinski definition) is 1. The number of aromatic nitrogens is 2. The Labute approximate surface area is 150 Å². The highest BCUT2D eigenvalue weighted by Crippen LogP contribution is 2.18. The molecule has 0 saturated heterocycles. The van der Waals surface area contributed by atoms with Crippen molar-refractivity contribution >= 4 is 22.9 Å². The maximum Gasteiger partial charge on any atom is 0.373 e. The molecule has 0 aliphatic heterocycles. The van der Waals surface area contributed by atoms with E-state index in [1.54, 1.807) is 37.3 Å². The number of fused-ring (bicyclic) bond motifs is 1. The summed E-state index contributed by atoms with van der Waals surface area (Å²) >= 11 is 0. The van der Waals surface area contributed by atoms with E-state index in [1.165, 1.54) is 4.57 Å². The van der Waals surface area contributed by atoms with Crippen LogP contribution in [0.5, 0.6) is 0 Å². The minimum absolute atomic E-state index is 0.131. The quantitative estimate of drug-likeness (QED) is 0.444. The summed E-state index contributed by atoms with van der Waals surface area (Å²) in [5.74, 6) is -1.34. The van der Waals surface area contributed by atoms with E-state index in [0.717, 1.165) is 11.6 Å². The molecule has 0 saturated carbocycles. The summed E-state index contributed by atoms with van der Waals surface area (Å²) < 4.78 is 6.17. The zero-order valence-corrected chi connectivity index (χ0v) is 14.5. The molecule has 26 heavy (non-hydrogen) atoms. The van der Waals surface area contributed by atoms with Gasteiger partial charge in [-0.1, -0.05) is 30.3 Å². The van der Waals surface area contributed by atoms with Crippen molar-refractivity contribution in [2.75, 3.05) is 6.61 Å². The lowest BCUT2D eigenvalue weighted by molar-refractivity contribution is -0.141. The molecule has 0 bridgehead atoms. The first-order valence-electron chi connectivity index (χ1n) is 8.18. The number of aliphatic hydroxyl groups is 1. The second-order valence-electron chi connectivity index (χ2n) is 5.66. The Morgan fingerprint density at radius 3 is 2.62 bits per heavy atom. The summed E-state index contributed by atoms with van der Waals surface area (Å²) in [5.41, 5.74) is 1.67. The molecule has 3 rings (SSSR count). The van der Waals surface area contributed by atoms with Gasteiger partial charge in [0.25, 0.3) is 5.56 Å². The normalized spacial score (nSPS) is 11.5. The minimum atomic E-state index is -0.869. The molecule has 0 radical (unpaired) electrons. The monoisotopic (exact) mass is 350 g/mol. The van der Waals surface area contributed by atoms with Gasteiger partial charge in [0.2, 0.25) is 5.76 Å². The second-order valence-corrected chi connectivity index (χ2v) is 5.66. The maximum absolute atomic E-state index is 13.1. The van der Waals surface area contributed by atoms with Crippen LogP contribution in [-0.4, -0.2) is 27.2 Å². The molecule has 0 fully saturated rings. The maximum atomic E-state index is 13.1. The van der Waals surface area contributed by atoms with E-state index < -0.39 is 11.7 Å². The van der Waals surface area contributed by atoms with Crippen molar-refractivity contribution in [1.82, 2.24) is 9.55 Å². The molecule has 0 amide bonds. The van der Waals surface area contributed by atoms with Gasteiger partial charge >= 0.3 is 5.97 Å². The van der Waals surface area contributed by atoms with Crippen LogP contribution in [0.25, 0.3) is 22.7 Å². The van der Waals surface area contributed by atoms with Gasteiger partial charge in [-0.15, -0.1) is 0 Å². The molecule has 1 heterocycles. The fourth-order valence-electron chi connectivity index (χ4n) is 2.68. The molecule has 0 atom stereocenters. The molecular formula is C20H18N2O4. The molecule has 0 spiro atoms. The second kappa shape index (κ2) is 7.23. The molecule has 1 aromatic heterocycles. The zero-order chi connectivity index (χ0) is 18.7. The number of benzene rings is 2. The Balaban J connectivity index is 2.32. The third-order valence-corrected chi connectivity index (χ3v) is 3.91. The van der Waals surface area contributed by atoms with Crippen LogP contribution in [0.15, 0.2) is 59.1 Å². The first-order valence-corrected chi connectivity index (χ1v) is 8.18. The van der Waals surface area contributed by atoms with E-state index in [2.05, 4.69) is 4.98 Å². The first-order chi connectivity index (χ1) is 12.5. The van der Waals surface area contributed by atoms with Crippen LogP contribution >= 0.6 is 0 Å². The lowest BCUT2D eigenvalue weighted by atomic mass is 10.1. The number of aliphatic hydroxyl groups excluding tert-OH is 1. The number of para-hydroxylation sites is 2. The van der Waals surface area contributed by atoms with Gasteiger partial charge in [0.15, 0.2) is 0 Å². The summed E-state index contributed by atoms with van der Waals surface area (Å²) in [6.07, 6.45) is 1.15. The molecule has 2 aromatic carbocycles. The highest BCUT2D eigenvalue weighted by atomic mass is 16.5. The van der Waals surface area contributed by atoms with Gasteiger partial charge in [0.1, 0.15) is 5.82 Å². The SMILES string of the molecule is CCOC(=O)/C(O)=C/c1nc2ccccc2c(=O)n1-c1ccccc1C. The molecule has 6 nitrogen and oxygen atoms in total. The number of carbonyl (C=O) groups excluding carboxylic acids is 1. The Morgan fingerprint density at radius 1 is 1.19 bits per heavy atom. The Hall–Kier alpha value is -3.41. The van der Waals surface area contributed by atoms with Gasteiger partial charge in [-0.2, -0.15) is 0 Å². The van der Waals surface area contributed by atoms with Crippen LogP contribution in [0.4, 0.5) is 0 Å². The van der Waals surface area contributed by atoms with E-state index in [1.807, 2.05) is 25.1 Å². The molecule has 0 aliphatic rings. The average Bonchev–Trinajstić information content (AvgIpc) is 2.63. The first kappa shape index (κ1) is 17.4. The molecular weight excluding hydrogens is 332 g/mol. The smallest absolute Gasteiger partial charge is 0.373 e.